The van der Waals surface area contributed by atoms with Crippen molar-refractivity contribution in [3.05, 3.63) is 0 Å². The first-order valence-electron chi connectivity index (χ1n) is 11.3. The molecule has 26 heavy (non-hydrogen) atoms. The van der Waals surface area contributed by atoms with E-state index in [0.717, 1.165) is 31.2 Å². The molecule has 0 aromatic rings. The fourth-order valence-corrected chi connectivity index (χ4v) is 6.33. The van der Waals surface area contributed by atoms with Gasteiger partial charge in [-0.25, -0.2) is 0 Å². The van der Waals surface area contributed by atoms with Gasteiger partial charge in [0.15, 0.2) is 0 Å². The Morgan fingerprint density at radius 3 is 1.46 bits per heavy atom. The predicted octanol–water partition coefficient (Wildman–Crippen LogP) is 7.04. The lowest BCUT2D eigenvalue weighted by molar-refractivity contribution is 0.0655. The predicted molar refractivity (Wildman–Crippen MR) is 119 cm³/mol. The van der Waals surface area contributed by atoms with Crippen LogP contribution in [0.2, 0.25) is 6.04 Å². The van der Waals surface area contributed by atoms with Gasteiger partial charge in [-0.15, -0.1) is 0 Å². The Hall–Kier alpha value is 0.447. The van der Waals surface area contributed by atoms with Crippen LogP contribution in [0.25, 0.3) is 0 Å². The van der Waals surface area contributed by atoms with Crippen LogP contribution in [0.1, 0.15) is 104 Å². The van der Waals surface area contributed by atoms with Gasteiger partial charge in [0.1, 0.15) is 0 Å². The molecule has 0 N–H and O–H groups in total. The smallest absolute Gasteiger partial charge is 0.374 e. The van der Waals surface area contributed by atoms with Crippen LogP contribution in [0.5, 0.6) is 0 Å². The average molecular weight is 407 g/mol. The lowest BCUT2D eigenvalue weighted by Crippen LogP contribution is -2.46. The van der Waals surface area contributed by atoms with Crippen LogP contribution >= 0.6 is 12.6 Å². The molecule has 5 heteroatoms. The molecule has 0 radical (unpaired) electrons. The molecule has 0 spiro atoms. The highest BCUT2D eigenvalue weighted by Crippen LogP contribution is 2.19. The van der Waals surface area contributed by atoms with Crippen molar-refractivity contribution in [3.63, 3.8) is 0 Å². The molecule has 0 unspecified atom stereocenters. The Morgan fingerprint density at radius 2 is 1.04 bits per heavy atom. The maximum atomic E-state index is 6.16. The van der Waals surface area contributed by atoms with Crippen molar-refractivity contribution in [2.75, 3.05) is 25.6 Å². The minimum absolute atomic E-state index is 0.664. The second-order valence-electron chi connectivity index (χ2n) is 7.11. The Balaban J connectivity index is 3.65. The molecule has 0 aliphatic carbocycles. The topological polar surface area (TPSA) is 27.7 Å². The van der Waals surface area contributed by atoms with Crippen molar-refractivity contribution in [2.45, 2.75) is 110 Å². The molecule has 0 atom stereocenters. The molecule has 0 fully saturated rings. The van der Waals surface area contributed by atoms with E-state index in [4.69, 9.17) is 13.3 Å². The maximum Gasteiger partial charge on any atom is 0.500 e. The van der Waals surface area contributed by atoms with Gasteiger partial charge in [-0.1, -0.05) is 77.6 Å². The number of hydrogen-bond acceptors (Lipinski definition) is 4. The van der Waals surface area contributed by atoms with Gasteiger partial charge < -0.3 is 13.3 Å². The van der Waals surface area contributed by atoms with Gasteiger partial charge in [-0.3, -0.25) is 0 Å². The fraction of sp³-hybridized carbons (Fsp3) is 1.00. The maximum absolute atomic E-state index is 6.16. The molecule has 0 saturated heterocycles. The molecule has 0 aromatic heterocycles. The summed E-state index contributed by atoms with van der Waals surface area (Å²) in [6.45, 7) is 8.43. The zero-order valence-corrected chi connectivity index (χ0v) is 19.8. The highest BCUT2D eigenvalue weighted by Gasteiger charge is 2.39. The van der Waals surface area contributed by atoms with E-state index in [2.05, 4.69) is 19.6 Å². The summed E-state index contributed by atoms with van der Waals surface area (Å²) in [5.74, 6) is 0.858. The molecule has 0 aliphatic heterocycles. The summed E-state index contributed by atoms with van der Waals surface area (Å²) < 4.78 is 18.0. The third kappa shape index (κ3) is 15.5. The largest absolute Gasteiger partial charge is 0.500 e. The summed E-state index contributed by atoms with van der Waals surface area (Å²) in [7, 11) is -2.47. The lowest BCUT2D eigenvalue weighted by atomic mass is 10.1. The summed E-state index contributed by atoms with van der Waals surface area (Å²) in [4.78, 5) is 0. The zero-order chi connectivity index (χ0) is 19.3. The molecule has 0 bridgehead atoms. The van der Waals surface area contributed by atoms with Crippen LogP contribution in [0.3, 0.4) is 0 Å². The SMILES string of the molecule is CCCCCCCCCCCCCCO[Si](CCCS)(OCC)OCC. The zero-order valence-electron chi connectivity index (χ0n) is 17.9. The first-order valence-corrected chi connectivity index (χ1v) is 13.8. The van der Waals surface area contributed by atoms with Gasteiger partial charge in [0.05, 0.1) is 0 Å². The van der Waals surface area contributed by atoms with E-state index >= 15 is 0 Å². The van der Waals surface area contributed by atoms with E-state index in [0.29, 0.717) is 13.2 Å². The van der Waals surface area contributed by atoms with E-state index in [9.17, 15) is 0 Å². The van der Waals surface area contributed by atoms with Crippen molar-refractivity contribution < 1.29 is 13.3 Å². The first-order chi connectivity index (χ1) is 12.7. The molecule has 0 heterocycles. The van der Waals surface area contributed by atoms with Gasteiger partial charge in [0.25, 0.3) is 0 Å². The second kappa shape index (κ2) is 20.2. The Kier molecular flexibility index (Phi) is 20.5. The van der Waals surface area contributed by atoms with Crippen molar-refractivity contribution in [3.8, 4) is 0 Å². The van der Waals surface area contributed by atoms with Crippen LogP contribution in [0.15, 0.2) is 0 Å². The number of unbranched alkanes of at least 4 members (excludes halogenated alkanes) is 11. The fourth-order valence-electron chi connectivity index (χ4n) is 3.25. The molecular weight excluding hydrogens is 360 g/mol. The first kappa shape index (κ1) is 26.4. The number of hydrogen-bond donors (Lipinski definition) is 1. The molecule has 0 aliphatic rings. The lowest BCUT2D eigenvalue weighted by Gasteiger charge is -2.28. The third-order valence-electron chi connectivity index (χ3n) is 4.69. The van der Waals surface area contributed by atoms with E-state index in [1.165, 1.54) is 70.6 Å². The molecule has 3 nitrogen and oxygen atoms in total. The summed E-state index contributed by atoms with van der Waals surface area (Å²) in [6, 6.07) is 0.885. The van der Waals surface area contributed by atoms with E-state index in [1.54, 1.807) is 0 Å². The number of thiol groups is 1. The van der Waals surface area contributed by atoms with E-state index < -0.39 is 8.80 Å². The van der Waals surface area contributed by atoms with Crippen LogP contribution in [0.4, 0.5) is 0 Å². The highest BCUT2D eigenvalue weighted by molar-refractivity contribution is 7.80. The van der Waals surface area contributed by atoms with Crippen LogP contribution in [-0.2, 0) is 13.3 Å². The van der Waals surface area contributed by atoms with Crippen molar-refractivity contribution in [1.29, 1.82) is 0 Å². The Morgan fingerprint density at radius 1 is 0.577 bits per heavy atom. The monoisotopic (exact) mass is 406 g/mol. The van der Waals surface area contributed by atoms with Gasteiger partial charge in [0, 0.05) is 25.9 Å². The standard InChI is InChI=1S/C21H46O3SSi/c1-4-7-8-9-10-11-12-13-14-15-16-17-19-24-26(22-5-2,23-6-3)21-18-20-25/h25H,4-21H2,1-3H3. The minimum Gasteiger partial charge on any atom is -0.374 e. The van der Waals surface area contributed by atoms with Gasteiger partial charge in [-0.2, -0.15) is 12.6 Å². The molecule has 0 saturated carbocycles. The Labute approximate surface area is 170 Å². The van der Waals surface area contributed by atoms with Gasteiger partial charge in [0.2, 0.25) is 0 Å². The van der Waals surface area contributed by atoms with Crippen molar-refractivity contribution in [1.82, 2.24) is 0 Å². The molecule has 158 valence electrons. The summed E-state index contributed by atoms with van der Waals surface area (Å²) in [6.07, 6.45) is 17.3. The van der Waals surface area contributed by atoms with Crippen molar-refractivity contribution in [2.24, 2.45) is 0 Å². The highest BCUT2D eigenvalue weighted by atomic mass is 32.1. The minimum atomic E-state index is -2.47. The molecular formula is C21H46O3SSi. The van der Waals surface area contributed by atoms with Crippen molar-refractivity contribution >= 4 is 21.4 Å². The van der Waals surface area contributed by atoms with E-state index in [-0.39, 0.29) is 0 Å². The molecule has 0 aromatic carbocycles. The molecule has 0 rings (SSSR count). The summed E-state index contributed by atoms with van der Waals surface area (Å²) in [5, 5.41) is 0. The summed E-state index contributed by atoms with van der Waals surface area (Å²) in [5.41, 5.74) is 0. The van der Waals surface area contributed by atoms with Crippen LogP contribution in [0, 0.1) is 0 Å². The van der Waals surface area contributed by atoms with E-state index in [1.807, 2.05) is 13.8 Å². The summed E-state index contributed by atoms with van der Waals surface area (Å²) >= 11 is 4.32. The van der Waals surface area contributed by atoms with Crippen LogP contribution < -0.4 is 0 Å². The number of rotatable bonds is 21. The average Bonchev–Trinajstić information content (AvgIpc) is 2.64. The second-order valence-corrected chi connectivity index (χ2v) is 10.3. The van der Waals surface area contributed by atoms with Crippen LogP contribution in [-0.4, -0.2) is 34.4 Å². The van der Waals surface area contributed by atoms with Gasteiger partial charge in [-0.05, 0) is 32.4 Å². The third-order valence-corrected chi connectivity index (χ3v) is 8.07. The Bertz CT molecular complexity index is 274. The van der Waals surface area contributed by atoms with Gasteiger partial charge >= 0.3 is 8.80 Å². The molecule has 0 amide bonds. The normalized spacial score (nSPS) is 12.0. The quantitative estimate of drug-likeness (QED) is 0.126.